The van der Waals surface area contributed by atoms with Crippen LogP contribution in [0.15, 0.2) is 29.4 Å². The second kappa shape index (κ2) is 15.5. The van der Waals surface area contributed by atoms with E-state index in [2.05, 4.69) is 41.3 Å². The van der Waals surface area contributed by atoms with Gasteiger partial charge in [-0.25, -0.2) is 0 Å². The monoisotopic (exact) mass is 277 g/mol. The third-order valence-electron chi connectivity index (χ3n) is 2.98. The van der Waals surface area contributed by atoms with E-state index in [0.717, 1.165) is 25.7 Å². The number of carbonyl (C=O) groups is 1. The highest BCUT2D eigenvalue weighted by Gasteiger charge is 1.94. The average molecular weight is 277 g/mol. The van der Waals surface area contributed by atoms with Crippen molar-refractivity contribution in [2.45, 2.75) is 71.1 Å². The molecule has 112 valence electrons. The van der Waals surface area contributed by atoms with Crippen LogP contribution in [0.1, 0.15) is 71.1 Å². The standard InChI is InChI=1S/C16H27N3O/c1-2-3-4-5-6-7-8-9-10-11-12-13-14-15-16(20)18-19-17/h7-8,11-12H,2-6,9-10,13-15H2,1H3/b8-7-,12-11-. The molecule has 0 aliphatic carbocycles. The maximum Gasteiger partial charge on any atom is 0.218 e. The Kier molecular flexibility index (Phi) is 14.3. The maximum absolute atomic E-state index is 10.9. The van der Waals surface area contributed by atoms with Crippen LogP contribution in [0.3, 0.4) is 0 Å². The van der Waals surface area contributed by atoms with Gasteiger partial charge in [-0.05, 0) is 49.2 Å². The van der Waals surface area contributed by atoms with E-state index in [0.29, 0.717) is 6.42 Å². The molecule has 0 saturated carbocycles. The molecule has 4 nitrogen and oxygen atoms in total. The van der Waals surface area contributed by atoms with Gasteiger partial charge in [0.15, 0.2) is 0 Å². The lowest BCUT2D eigenvalue weighted by molar-refractivity contribution is -0.118. The molecule has 0 rings (SSSR count). The molecule has 0 N–H and O–H groups in total. The molecule has 0 atom stereocenters. The van der Waals surface area contributed by atoms with E-state index >= 15 is 0 Å². The van der Waals surface area contributed by atoms with Crippen molar-refractivity contribution in [2.75, 3.05) is 0 Å². The Labute approximate surface area is 122 Å². The summed E-state index contributed by atoms with van der Waals surface area (Å²) in [6.45, 7) is 2.23. The Balaban J connectivity index is 3.33. The van der Waals surface area contributed by atoms with Gasteiger partial charge in [-0.1, -0.05) is 50.5 Å². The van der Waals surface area contributed by atoms with E-state index in [9.17, 15) is 4.79 Å². The summed E-state index contributed by atoms with van der Waals surface area (Å²) in [5, 5.41) is 3.03. The van der Waals surface area contributed by atoms with Gasteiger partial charge in [-0.3, -0.25) is 4.79 Å². The molecular weight excluding hydrogens is 250 g/mol. The molecule has 0 spiro atoms. The second-order valence-corrected chi connectivity index (χ2v) is 4.84. The zero-order valence-electron chi connectivity index (χ0n) is 12.6. The number of unbranched alkanes of at least 4 members (excludes halogenated alkanes) is 6. The summed E-state index contributed by atoms with van der Waals surface area (Å²) in [4.78, 5) is 13.4. The highest BCUT2D eigenvalue weighted by Crippen LogP contribution is 2.04. The molecule has 0 radical (unpaired) electrons. The Morgan fingerprint density at radius 1 is 0.950 bits per heavy atom. The molecule has 4 heteroatoms. The van der Waals surface area contributed by atoms with Crippen LogP contribution in [-0.2, 0) is 4.79 Å². The van der Waals surface area contributed by atoms with Gasteiger partial charge in [0, 0.05) is 11.3 Å². The molecule has 0 aromatic carbocycles. The van der Waals surface area contributed by atoms with Crippen LogP contribution in [0.4, 0.5) is 0 Å². The van der Waals surface area contributed by atoms with Crippen LogP contribution < -0.4 is 0 Å². The SMILES string of the molecule is CCCCCC/C=C\CC/C=C\CCCC(=O)N=[N+]=[N-]. The summed E-state index contributed by atoms with van der Waals surface area (Å²) in [6.07, 6.45) is 19.4. The van der Waals surface area contributed by atoms with Gasteiger partial charge in [0.05, 0.1) is 0 Å². The summed E-state index contributed by atoms with van der Waals surface area (Å²) in [5.74, 6) is -0.369. The van der Waals surface area contributed by atoms with E-state index in [1.54, 1.807) is 0 Å². The lowest BCUT2D eigenvalue weighted by atomic mass is 10.1. The largest absolute Gasteiger partial charge is 0.293 e. The Morgan fingerprint density at radius 3 is 2.15 bits per heavy atom. The van der Waals surface area contributed by atoms with Crippen LogP contribution in [-0.4, -0.2) is 5.91 Å². The van der Waals surface area contributed by atoms with Crippen molar-refractivity contribution in [1.82, 2.24) is 0 Å². The fraction of sp³-hybridized carbons (Fsp3) is 0.688. The fourth-order valence-corrected chi connectivity index (χ4v) is 1.82. The highest BCUT2D eigenvalue weighted by molar-refractivity contribution is 5.76. The first-order valence-electron chi connectivity index (χ1n) is 7.69. The van der Waals surface area contributed by atoms with Crippen LogP contribution in [0, 0.1) is 0 Å². The van der Waals surface area contributed by atoms with Crippen molar-refractivity contribution in [3.63, 3.8) is 0 Å². The van der Waals surface area contributed by atoms with Gasteiger partial charge in [-0.15, -0.1) is 0 Å². The lowest BCUT2D eigenvalue weighted by Crippen LogP contribution is -1.89. The number of hydrogen-bond donors (Lipinski definition) is 0. The van der Waals surface area contributed by atoms with Gasteiger partial charge in [0.25, 0.3) is 0 Å². The third-order valence-corrected chi connectivity index (χ3v) is 2.98. The Morgan fingerprint density at radius 2 is 1.55 bits per heavy atom. The Hall–Kier alpha value is -1.54. The maximum atomic E-state index is 10.9. The molecule has 1 amide bonds. The second-order valence-electron chi connectivity index (χ2n) is 4.84. The molecule has 20 heavy (non-hydrogen) atoms. The fourth-order valence-electron chi connectivity index (χ4n) is 1.82. The first-order chi connectivity index (χ1) is 9.81. The number of hydrogen-bond acceptors (Lipinski definition) is 1. The number of allylic oxidation sites excluding steroid dienone is 4. The number of amides is 1. The molecular formula is C16H27N3O. The van der Waals surface area contributed by atoms with Crippen LogP contribution in [0.25, 0.3) is 10.4 Å². The summed E-state index contributed by atoms with van der Waals surface area (Å²) in [5.41, 5.74) is 8.06. The molecule has 0 aromatic rings. The number of carbonyl (C=O) groups excluding carboxylic acids is 1. The lowest BCUT2D eigenvalue weighted by Gasteiger charge is -1.94. The van der Waals surface area contributed by atoms with Crippen molar-refractivity contribution >= 4 is 5.91 Å². The smallest absolute Gasteiger partial charge is 0.218 e. The first-order valence-corrected chi connectivity index (χ1v) is 7.69. The van der Waals surface area contributed by atoms with E-state index in [-0.39, 0.29) is 5.91 Å². The zero-order valence-corrected chi connectivity index (χ0v) is 12.6. The molecule has 0 aromatic heterocycles. The van der Waals surface area contributed by atoms with E-state index < -0.39 is 0 Å². The van der Waals surface area contributed by atoms with E-state index in [1.165, 1.54) is 32.1 Å². The molecule has 0 aliphatic rings. The minimum atomic E-state index is -0.369. The van der Waals surface area contributed by atoms with Gasteiger partial charge in [-0.2, -0.15) is 0 Å². The van der Waals surface area contributed by atoms with Crippen LogP contribution >= 0.6 is 0 Å². The van der Waals surface area contributed by atoms with Crippen LogP contribution in [0.2, 0.25) is 0 Å². The summed E-state index contributed by atoms with van der Waals surface area (Å²) >= 11 is 0. The highest BCUT2D eigenvalue weighted by atomic mass is 16.1. The van der Waals surface area contributed by atoms with Gasteiger partial charge in [0.2, 0.25) is 5.91 Å². The van der Waals surface area contributed by atoms with Gasteiger partial charge in [0.1, 0.15) is 0 Å². The molecule has 0 fully saturated rings. The minimum absolute atomic E-state index is 0.339. The minimum Gasteiger partial charge on any atom is -0.293 e. The van der Waals surface area contributed by atoms with Crippen molar-refractivity contribution in [1.29, 1.82) is 0 Å². The predicted octanol–water partition coefficient (Wildman–Crippen LogP) is 5.86. The van der Waals surface area contributed by atoms with Crippen molar-refractivity contribution < 1.29 is 4.79 Å². The molecule has 0 heterocycles. The van der Waals surface area contributed by atoms with Crippen molar-refractivity contribution in [3.05, 3.63) is 34.7 Å². The van der Waals surface area contributed by atoms with Gasteiger partial charge >= 0.3 is 0 Å². The van der Waals surface area contributed by atoms with Crippen LogP contribution in [0.5, 0.6) is 0 Å². The van der Waals surface area contributed by atoms with Crippen molar-refractivity contribution in [3.8, 4) is 0 Å². The van der Waals surface area contributed by atoms with E-state index in [4.69, 9.17) is 5.53 Å². The zero-order chi connectivity index (χ0) is 14.9. The van der Waals surface area contributed by atoms with Crippen molar-refractivity contribution in [2.24, 2.45) is 5.11 Å². The normalized spacial score (nSPS) is 11.1. The average Bonchev–Trinajstić information content (AvgIpc) is 2.44. The quantitative estimate of drug-likeness (QED) is 0.145. The molecule has 0 bridgehead atoms. The summed E-state index contributed by atoms with van der Waals surface area (Å²) < 4.78 is 0. The molecule has 0 saturated heterocycles. The molecule has 0 aliphatic heterocycles. The Bertz CT molecular complexity index is 342. The number of azide groups is 1. The summed E-state index contributed by atoms with van der Waals surface area (Å²) in [6, 6.07) is 0. The predicted molar refractivity (Wildman–Crippen MR) is 84.3 cm³/mol. The number of rotatable bonds is 12. The van der Waals surface area contributed by atoms with E-state index in [1.807, 2.05) is 0 Å². The third kappa shape index (κ3) is 14.5. The number of nitrogens with zero attached hydrogens (tertiary/aromatic N) is 3. The first kappa shape index (κ1) is 18.5. The topological polar surface area (TPSA) is 65.8 Å². The van der Waals surface area contributed by atoms with Gasteiger partial charge < -0.3 is 0 Å². The molecule has 0 unspecified atom stereocenters. The summed E-state index contributed by atoms with van der Waals surface area (Å²) in [7, 11) is 0.